The highest BCUT2D eigenvalue weighted by Gasteiger charge is 2.22. The van der Waals surface area contributed by atoms with Gasteiger partial charge in [0.1, 0.15) is 5.56 Å². The first-order valence-corrected chi connectivity index (χ1v) is 8.74. The van der Waals surface area contributed by atoms with Crippen LogP contribution < -0.4 is 10.3 Å². The van der Waals surface area contributed by atoms with Crippen LogP contribution in [0.3, 0.4) is 0 Å². The fraction of sp³-hybridized carbons (Fsp3) is 0.421. The van der Waals surface area contributed by atoms with E-state index in [2.05, 4.69) is 9.88 Å². The van der Waals surface area contributed by atoms with Crippen molar-refractivity contribution < 1.29 is 9.53 Å². The van der Waals surface area contributed by atoms with Crippen molar-refractivity contribution in [1.29, 1.82) is 0 Å². The van der Waals surface area contributed by atoms with Crippen molar-refractivity contribution in [2.24, 2.45) is 7.05 Å². The molecule has 0 radical (unpaired) electrons. The Morgan fingerprint density at radius 3 is 2.77 bits per heavy atom. The van der Waals surface area contributed by atoms with Crippen molar-refractivity contribution in [3.8, 4) is 5.88 Å². The smallest absolute Gasteiger partial charge is 0.263 e. The number of rotatable bonds is 4. The molecule has 26 heavy (non-hydrogen) atoms. The monoisotopic (exact) mass is 356 g/mol. The Hall–Kier alpha value is -2.67. The summed E-state index contributed by atoms with van der Waals surface area (Å²) in [7, 11) is 3.26. The summed E-state index contributed by atoms with van der Waals surface area (Å²) < 4.78 is 6.52. The molecule has 0 N–H and O–H groups in total. The number of pyridine rings is 2. The van der Waals surface area contributed by atoms with Crippen molar-refractivity contribution in [2.75, 3.05) is 33.3 Å². The van der Waals surface area contributed by atoms with Crippen LogP contribution >= 0.6 is 0 Å². The van der Waals surface area contributed by atoms with Gasteiger partial charge in [-0.1, -0.05) is 6.07 Å². The van der Waals surface area contributed by atoms with Gasteiger partial charge in [0, 0.05) is 58.2 Å². The number of nitrogens with zero attached hydrogens (tertiary/aromatic N) is 4. The molecule has 1 aliphatic rings. The highest BCUT2D eigenvalue weighted by Crippen LogP contribution is 2.12. The molecule has 138 valence electrons. The maximum atomic E-state index is 12.7. The molecule has 0 atom stereocenters. The summed E-state index contributed by atoms with van der Waals surface area (Å²) >= 11 is 0. The maximum Gasteiger partial charge on any atom is 0.263 e. The zero-order valence-corrected chi connectivity index (χ0v) is 15.2. The Labute approximate surface area is 152 Å². The highest BCUT2D eigenvalue weighted by molar-refractivity contribution is 5.93. The van der Waals surface area contributed by atoms with Crippen molar-refractivity contribution in [1.82, 2.24) is 19.4 Å². The predicted molar refractivity (Wildman–Crippen MR) is 98.3 cm³/mol. The first-order chi connectivity index (χ1) is 12.6. The number of aryl methyl sites for hydroxylation is 1. The largest absolute Gasteiger partial charge is 0.481 e. The summed E-state index contributed by atoms with van der Waals surface area (Å²) in [6.45, 7) is 3.73. The van der Waals surface area contributed by atoms with Crippen molar-refractivity contribution in [3.63, 3.8) is 0 Å². The molecule has 0 spiro atoms. The van der Waals surface area contributed by atoms with Crippen LogP contribution in [0.5, 0.6) is 5.88 Å². The van der Waals surface area contributed by atoms with Crippen LogP contribution in [0.4, 0.5) is 0 Å². The number of aromatic nitrogens is 2. The first-order valence-electron chi connectivity index (χ1n) is 8.74. The summed E-state index contributed by atoms with van der Waals surface area (Å²) in [5, 5.41) is 0. The van der Waals surface area contributed by atoms with Gasteiger partial charge in [-0.3, -0.25) is 14.5 Å². The predicted octanol–water partition coefficient (Wildman–Crippen LogP) is 1.14. The fourth-order valence-electron chi connectivity index (χ4n) is 3.15. The minimum atomic E-state index is -0.247. The molecule has 1 fully saturated rings. The van der Waals surface area contributed by atoms with E-state index in [1.165, 1.54) is 4.57 Å². The quantitative estimate of drug-likeness (QED) is 0.822. The summed E-state index contributed by atoms with van der Waals surface area (Å²) in [6, 6.07) is 7.20. The van der Waals surface area contributed by atoms with Gasteiger partial charge in [-0.15, -0.1) is 0 Å². The summed E-state index contributed by atoms with van der Waals surface area (Å²) in [4.78, 5) is 33.2. The third kappa shape index (κ3) is 4.11. The maximum absolute atomic E-state index is 12.7. The Morgan fingerprint density at radius 1 is 1.19 bits per heavy atom. The molecule has 7 heteroatoms. The molecule has 3 heterocycles. The van der Waals surface area contributed by atoms with E-state index in [0.29, 0.717) is 19.0 Å². The van der Waals surface area contributed by atoms with Gasteiger partial charge in [0.15, 0.2) is 0 Å². The Bertz CT molecular complexity index is 816. The summed E-state index contributed by atoms with van der Waals surface area (Å²) in [5.74, 6) is 0.421. The molecule has 2 aromatic heterocycles. The second-order valence-corrected chi connectivity index (χ2v) is 6.47. The third-order valence-corrected chi connectivity index (χ3v) is 4.64. The van der Waals surface area contributed by atoms with Crippen molar-refractivity contribution in [2.45, 2.75) is 13.0 Å². The normalized spacial score (nSPS) is 15.5. The van der Waals surface area contributed by atoms with E-state index >= 15 is 0 Å². The van der Waals surface area contributed by atoms with Crippen LogP contribution in [0.1, 0.15) is 22.3 Å². The lowest BCUT2D eigenvalue weighted by Crippen LogP contribution is -2.38. The molecule has 0 unspecified atom stereocenters. The average Bonchev–Trinajstić information content (AvgIpc) is 2.90. The third-order valence-electron chi connectivity index (χ3n) is 4.64. The molecule has 0 aliphatic carbocycles. The van der Waals surface area contributed by atoms with Crippen LogP contribution in [0.15, 0.2) is 41.5 Å². The standard InChI is InChI=1S/C19H24N4O3/c1-21-8-3-5-16(18(21)24)19(25)23-10-4-9-22(11-12-23)14-15-6-7-17(26-2)20-13-15/h3,5-8,13H,4,9-12,14H2,1-2H3. The lowest BCUT2D eigenvalue weighted by atomic mass is 10.2. The number of ether oxygens (including phenoxy) is 1. The van der Waals surface area contributed by atoms with Gasteiger partial charge in [-0.2, -0.15) is 0 Å². The molecule has 0 saturated carbocycles. The summed E-state index contributed by atoms with van der Waals surface area (Å²) in [5.41, 5.74) is 1.10. The first kappa shape index (κ1) is 18.1. The van der Waals surface area contributed by atoms with Gasteiger partial charge < -0.3 is 14.2 Å². The second-order valence-electron chi connectivity index (χ2n) is 6.47. The van der Waals surface area contributed by atoms with Crippen molar-refractivity contribution in [3.05, 3.63) is 58.1 Å². The van der Waals surface area contributed by atoms with Gasteiger partial charge in [0.25, 0.3) is 11.5 Å². The molecule has 0 aromatic carbocycles. The lowest BCUT2D eigenvalue weighted by Gasteiger charge is -2.22. The zero-order chi connectivity index (χ0) is 18.5. The summed E-state index contributed by atoms with van der Waals surface area (Å²) in [6.07, 6.45) is 4.36. The number of carbonyl (C=O) groups is 1. The second kappa shape index (κ2) is 8.14. The van der Waals surface area contributed by atoms with Crippen LogP contribution in [0.25, 0.3) is 0 Å². The highest BCUT2D eigenvalue weighted by atomic mass is 16.5. The average molecular weight is 356 g/mol. The number of hydrogen-bond donors (Lipinski definition) is 0. The van der Waals surface area contributed by atoms with Crippen LogP contribution in [-0.2, 0) is 13.6 Å². The number of hydrogen-bond acceptors (Lipinski definition) is 5. The zero-order valence-electron chi connectivity index (χ0n) is 15.2. The number of methoxy groups -OCH3 is 1. The van der Waals surface area contributed by atoms with Gasteiger partial charge >= 0.3 is 0 Å². The Balaban J connectivity index is 1.63. The van der Waals surface area contributed by atoms with Gasteiger partial charge in [0.2, 0.25) is 5.88 Å². The van der Waals surface area contributed by atoms with Crippen molar-refractivity contribution >= 4 is 5.91 Å². The molecular formula is C19H24N4O3. The Kier molecular flexibility index (Phi) is 5.68. The number of carbonyl (C=O) groups excluding carboxylic acids is 1. The topological polar surface area (TPSA) is 67.7 Å². The van der Waals surface area contributed by atoms with E-state index in [1.54, 1.807) is 37.4 Å². The van der Waals surface area contributed by atoms with Gasteiger partial charge in [0.05, 0.1) is 7.11 Å². The van der Waals surface area contributed by atoms with Gasteiger partial charge in [-0.25, -0.2) is 4.98 Å². The Morgan fingerprint density at radius 2 is 2.04 bits per heavy atom. The van der Waals surface area contributed by atoms with Crippen LogP contribution in [0, 0.1) is 0 Å². The molecule has 1 saturated heterocycles. The SMILES string of the molecule is COc1ccc(CN2CCCN(C(=O)c3cccn(C)c3=O)CC2)cn1. The van der Waals surface area contributed by atoms with E-state index in [4.69, 9.17) is 4.74 Å². The van der Waals surface area contributed by atoms with E-state index in [0.717, 1.165) is 31.6 Å². The minimum absolute atomic E-state index is 0.181. The molecule has 1 amide bonds. The molecule has 2 aromatic rings. The lowest BCUT2D eigenvalue weighted by molar-refractivity contribution is 0.0758. The van der Waals surface area contributed by atoms with E-state index in [9.17, 15) is 9.59 Å². The molecule has 3 rings (SSSR count). The van der Waals surface area contributed by atoms with Crippen LogP contribution in [-0.4, -0.2) is 58.5 Å². The molecular weight excluding hydrogens is 332 g/mol. The fourth-order valence-corrected chi connectivity index (χ4v) is 3.15. The van der Waals surface area contributed by atoms with Crippen LogP contribution in [0.2, 0.25) is 0 Å². The van der Waals surface area contributed by atoms with E-state index in [-0.39, 0.29) is 17.0 Å². The van der Waals surface area contributed by atoms with Gasteiger partial charge in [-0.05, 0) is 24.1 Å². The molecule has 7 nitrogen and oxygen atoms in total. The van der Waals surface area contributed by atoms with E-state index < -0.39 is 0 Å². The molecule has 1 aliphatic heterocycles. The minimum Gasteiger partial charge on any atom is -0.481 e. The van der Waals surface area contributed by atoms with E-state index in [1.807, 2.05) is 18.3 Å². The number of amides is 1. The molecule has 0 bridgehead atoms.